The van der Waals surface area contributed by atoms with E-state index >= 15 is 0 Å². The van der Waals surface area contributed by atoms with Gasteiger partial charge in [0.25, 0.3) is 5.91 Å². The average Bonchev–Trinajstić information content (AvgIpc) is 3.10. The number of benzene rings is 1. The Hall–Kier alpha value is -2.25. The fourth-order valence-corrected chi connectivity index (χ4v) is 3.90. The van der Waals surface area contributed by atoms with Crippen molar-refractivity contribution in [2.45, 2.75) is 13.0 Å². The first-order chi connectivity index (χ1) is 11.9. The smallest absolute Gasteiger partial charge is 0.253 e. The van der Waals surface area contributed by atoms with Crippen LogP contribution in [0.2, 0.25) is 0 Å². The Kier molecular flexibility index (Phi) is 4.87. The van der Waals surface area contributed by atoms with E-state index in [0.29, 0.717) is 16.4 Å². The van der Waals surface area contributed by atoms with E-state index < -0.39 is 0 Å². The van der Waals surface area contributed by atoms with E-state index in [2.05, 4.69) is 5.32 Å². The highest BCUT2D eigenvalue weighted by Gasteiger charge is 2.35. The second kappa shape index (κ2) is 6.93. The molecule has 1 N–H and O–H groups in total. The standard InChI is InChI=1S/C18H18FN3OS2/c1-11-15(17(23)21(2)3)16(12-8-9-25-10-12)20-18(24)22(11)14-6-4-13(19)5-7-14/h4-10,16H,1-3H3,(H,20,24). The molecule has 3 rings (SSSR count). The molecule has 130 valence electrons. The van der Waals surface area contributed by atoms with Gasteiger partial charge in [0.05, 0.1) is 11.6 Å². The second-order valence-electron chi connectivity index (χ2n) is 5.95. The largest absolute Gasteiger partial charge is 0.351 e. The zero-order valence-corrected chi connectivity index (χ0v) is 15.7. The van der Waals surface area contributed by atoms with E-state index in [1.807, 2.05) is 23.8 Å². The monoisotopic (exact) mass is 375 g/mol. The molecule has 0 saturated carbocycles. The lowest BCUT2D eigenvalue weighted by Crippen LogP contribution is -2.49. The SMILES string of the molecule is CC1=C(C(=O)N(C)C)C(c2ccsc2)NC(=S)N1c1ccc(F)cc1. The van der Waals surface area contributed by atoms with E-state index in [-0.39, 0.29) is 17.8 Å². The van der Waals surface area contributed by atoms with E-state index in [0.717, 1.165) is 11.3 Å². The molecule has 2 aromatic rings. The Morgan fingerprint density at radius 1 is 1.28 bits per heavy atom. The lowest BCUT2D eigenvalue weighted by molar-refractivity contribution is -0.125. The first-order valence-corrected chi connectivity index (χ1v) is 9.06. The molecule has 1 amide bonds. The summed E-state index contributed by atoms with van der Waals surface area (Å²) in [5.41, 5.74) is 3.08. The Labute approximate surface area is 155 Å². The molecule has 1 unspecified atom stereocenters. The molecule has 1 aliphatic heterocycles. The number of allylic oxidation sites excluding steroid dienone is 1. The lowest BCUT2D eigenvalue weighted by atomic mass is 9.95. The molecule has 0 aliphatic carbocycles. The molecule has 0 bridgehead atoms. The molecule has 4 nitrogen and oxygen atoms in total. The van der Waals surface area contributed by atoms with Gasteiger partial charge in [-0.25, -0.2) is 4.39 Å². The van der Waals surface area contributed by atoms with Gasteiger partial charge >= 0.3 is 0 Å². The van der Waals surface area contributed by atoms with Gasteiger partial charge in [-0.2, -0.15) is 11.3 Å². The van der Waals surface area contributed by atoms with Crippen molar-refractivity contribution >= 4 is 40.3 Å². The third kappa shape index (κ3) is 3.29. The summed E-state index contributed by atoms with van der Waals surface area (Å²) in [7, 11) is 3.45. The van der Waals surface area contributed by atoms with Gasteiger partial charge in [0.15, 0.2) is 5.11 Å². The molecule has 2 heterocycles. The van der Waals surface area contributed by atoms with Gasteiger partial charge in [0, 0.05) is 25.5 Å². The van der Waals surface area contributed by atoms with E-state index in [1.165, 1.54) is 12.1 Å². The Bertz CT molecular complexity index is 829. The number of carbonyl (C=O) groups excluding carboxylic acids is 1. The van der Waals surface area contributed by atoms with Gasteiger partial charge in [-0.05, 0) is 65.8 Å². The fourth-order valence-electron chi connectivity index (χ4n) is 2.85. The summed E-state index contributed by atoms with van der Waals surface area (Å²) in [6.07, 6.45) is 0. The summed E-state index contributed by atoms with van der Waals surface area (Å²) in [4.78, 5) is 16.2. The highest BCUT2D eigenvalue weighted by Crippen LogP contribution is 2.35. The predicted octanol–water partition coefficient (Wildman–Crippen LogP) is 3.69. The highest BCUT2D eigenvalue weighted by atomic mass is 32.1. The number of likely N-dealkylation sites (N-methyl/N-ethyl adjacent to an activating group) is 1. The summed E-state index contributed by atoms with van der Waals surface area (Å²) in [6, 6.07) is 7.73. The Balaban J connectivity index is 2.14. The van der Waals surface area contributed by atoms with Crippen LogP contribution in [0.5, 0.6) is 0 Å². The molecule has 1 atom stereocenters. The third-order valence-electron chi connectivity index (χ3n) is 4.08. The van der Waals surface area contributed by atoms with Crippen LogP contribution in [-0.2, 0) is 4.79 Å². The van der Waals surface area contributed by atoms with E-state index in [1.54, 1.807) is 47.4 Å². The predicted molar refractivity (Wildman–Crippen MR) is 103 cm³/mol. The van der Waals surface area contributed by atoms with Crippen LogP contribution in [0, 0.1) is 5.82 Å². The molecular formula is C18H18FN3OS2. The number of thiocarbonyl (C=S) groups is 1. The lowest BCUT2D eigenvalue weighted by Gasteiger charge is -2.38. The average molecular weight is 375 g/mol. The molecule has 0 spiro atoms. The summed E-state index contributed by atoms with van der Waals surface area (Å²) >= 11 is 7.11. The molecule has 25 heavy (non-hydrogen) atoms. The van der Waals surface area contributed by atoms with Crippen LogP contribution in [0.1, 0.15) is 18.5 Å². The summed E-state index contributed by atoms with van der Waals surface area (Å²) in [6.45, 7) is 1.87. The molecule has 1 aliphatic rings. The van der Waals surface area contributed by atoms with Crippen LogP contribution in [0.15, 0.2) is 52.4 Å². The Morgan fingerprint density at radius 3 is 2.52 bits per heavy atom. The fraction of sp³-hybridized carbons (Fsp3) is 0.222. The summed E-state index contributed by atoms with van der Waals surface area (Å²) in [5.74, 6) is -0.405. The minimum Gasteiger partial charge on any atom is -0.351 e. The van der Waals surface area contributed by atoms with Crippen molar-refractivity contribution in [1.82, 2.24) is 10.2 Å². The minimum atomic E-state index is -0.318. The van der Waals surface area contributed by atoms with Crippen LogP contribution in [-0.4, -0.2) is 30.0 Å². The van der Waals surface area contributed by atoms with Crippen LogP contribution < -0.4 is 10.2 Å². The number of amides is 1. The molecular weight excluding hydrogens is 357 g/mol. The van der Waals surface area contributed by atoms with Gasteiger partial charge < -0.3 is 10.2 Å². The maximum Gasteiger partial charge on any atom is 0.253 e. The van der Waals surface area contributed by atoms with Crippen LogP contribution >= 0.6 is 23.6 Å². The minimum absolute atomic E-state index is 0.0872. The number of thiophene rings is 1. The van der Waals surface area contributed by atoms with Gasteiger partial charge in [-0.15, -0.1) is 0 Å². The van der Waals surface area contributed by atoms with Crippen molar-refractivity contribution in [3.63, 3.8) is 0 Å². The maximum atomic E-state index is 13.3. The molecule has 0 radical (unpaired) electrons. The zero-order chi connectivity index (χ0) is 18.1. The van der Waals surface area contributed by atoms with Crippen molar-refractivity contribution in [2.75, 3.05) is 19.0 Å². The maximum absolute atomic E-state index is 13.3. The van der Waals surface area contributed by atoms with E-state index in [9.17, 15) is 9.18 Å². The molecule has 1 aromatic carbocycles. The van der Waals surface area contributed by atoms with Gasteiger partial charge in [0.2, 0.25) is 0 Å². The number of nitrogens with one attached hydrogen (secondary N) is 1. The quantitative estimate of drug-likeness (QED) is 0.830. The number of carbonyl (C=O) groups is 1. The topological polar surface area (TPSA) is 35.6 Å². The van der Waals surface area contributed by atoms with Crippen LogP contribution in [0.4, 0.5) is 10.1 Å². The van der Waals surface area contributed by atoms with Crippen molar-refractivity contribution in [3.8, 4) is 0 Å². The number of rotatable bonds is 3. The Morgan fingerprint density at radius 2 is 1.96 bits per heavy atom. The number of anilines is 1. The van der Waals surface area contributed by atoms with Gasteiger partial charge in [-0.1, -0.05) is 0 Å². The van der Waals surface area contributed by atoms with Crippen molar-refractivity contribution in [2.24, 2.45) is 0 Å². The number of hydrogen-bond donors (Lipinski definition) is 1. The van der Waals surface area contributed by atoms with Crippen LogP contribution in [0.3, 0.4) is 0 Å². The van der Waals surface area contributed by atoms with Crippen LogP contribution in [0.25, 0.3) is 0 Å². The zero-order valence-electron chi connectivity index (χ0n) is 14.1. The second-order valence-corrected chi connectivity index (χ2v) is 7.12. The molecule has 0 fully saturated rings. The van der Waals surface area contributed by atoms with Crippen molar-refractivity contribution in [1.29, 1.82) is 0 Å². The number of hydrogen-bond acceptors (Lipinski definition) is 3. The number of nitrogens with zero attached hydrogens (tertiary/aromatic N) is 2. The van der Waals surface area contributed by atoms with Crippen molar-refractivity contribution in [3.05, 3.63) is 63.7 Å². The molecule has 7 heteroatoms. The third-order valence-corrected chi connectivity index (χ3v) is 5.08. The summed E-state index contributed by atoms with van der Waals surface area (Å²) < 4.78 is 13.3. The normalized spacial score (nSPS) is 17.5. The van der Waals surface area contributed by atoms with Gasteiger partial charge in [0.1, 0.15) is 5.82 Å². The molecule has 0 saturated heterocycles. The molecule has 1 aromatic heterocycles. The first kappa shape index (κ1) is 17.6. The summed E-state index contributed by atoms with van der Waals surface area (Å²) in [5, 5.41) is 7.72. The van der Waals surface area contributed by atoms with Crippen molar-refractivity contribution < 1.29 is 9.18 Å². The number of halogens is 1. The highest BCUT2D eigenvalue weighted by molar-refractivity contribution is 7.80. The van der Waals surface area contributed by atoms with Gasteiger partial charge in [-0.3, -0.25) is 9.69 Å². The first-order valence-electron chi connectivity index (χ1n) is 7.71. The van der Waals surface area contributed by atoms with E-state index in [4.69, 9.17) is 12.2 Å².